The van der Waals surface area contributed by atoms with Crippen LogP contribution in [0.1, 0.15) is 33.1 Å². The Balaban J connectivity index is 1.69. The van der Waals surface area contributed by atoms with Gasteiger partial charge in [-0.15, -0.1) is 0 Å². The third-order valence-corrected chi connectivity index (χ3v) is 5.10. The third-order valence-electron chi connectivity index (χ3n) is 5.10. The van der Waals surface area contributed by atoms with Gasteiger partial charge in [-0.25, -0.2) is 0 Å². The Morgan fingerprint density at radius 1 is 1.13 bits per heavy atom. The SMILES string of the molecule is CCN(CC)C(=O)C1C2C3CCC(C3)C12. The summed E-state index contributed by atoms with van der Waals surface area (Å²) in [6.07, 6.45) is 4.26. The van der Waals surface area contributed by atoms with E-state index < -0.39 is 0 Å². The second-order valence-corrected chi connectivity index (χ2v) is 5.52. The van der Waals surface area contributed by atoms with Gasteiger partial charge >= 0.3 is 0 Å². The summed E-state index contributed by atoms with van der Waals surface area (Å²) in [5.41, 5.74) is 0. The van der Waals surface area contributed by atoms with Gasteiger partial charge in [-0.2, -0.15) is 0 Å². The van der Waals surface area contributed by atoms with E-state index in [0.29, 0.717) is 11.8 Å². The fraction of sp³-hybridized carbons (Fsp3) is 0.923. The Kier molecular flexibility index (Phi) is 2.08. The zero-order chi connectivity index (χ0) is 10.6. The van der Waals surface area contributed by atoms with Crippen LogP contribution in [0.25, 0.3) is 0 Å². The van der Waals surface area contributed by atoms with E-state index in [9.17, 15) is 4.79 Å². The average Bonchev–Trinajstić information content (AvgIpc) is 2.69. The largest absolute Gasteiger partial charge is 0.343 e. The van der Waals surface area contributed by atoms with Gasteiger partial charge < -0.3 is 4.90 Å². The summed E-state index contributed by atoms with van der Waals surface area (Å²) < 4.78 is 0. The van der Waals surface area contributed by atoms with Gasteiger partial charge in [-0.05, 0) is 56.8 Å². The van der Waals surface area contributed by atoms with Crippen molar-refractivity contribution in [2.75, 3.05) is 13.1 Å². The molecule has 0 heterocycles. The first kappa shape index (κ1) is 9.68. The van der Waals surface area contributed by atoms with Crippen molar-refractivity contribution in [3.05, 3.63) is 0 Å². The molecule has 3 fully saturated rings. The van der Waals surface area contributed by atoms with Crippen molar-refractivity contribution in [2.24, 2.45) is 29.6 Å². The fourth-order valence-corrected chi connectivity index (χ4v) is 4.40. The lowest BCUT2D eigenvalue weighted by Gasteiger charge is -2.20. The zero-order valence-corrected chi connectivity index (χ0v) is 9.78. The molecule has 1 amide bonds. The summed E-state index contributed by atoms with van der Waals surface area (Å²) >= 11 is 0. The van der Waals surface area contributed by atoms with Crippen LogP contribution in [0.5, 0.6) is 0 Å². The maximum absolute atomic E-state index is 12.2. The number of fused-ring (bicyclic) bond motifs is 5. The van der Waals surface area contributed by atoms with Gasteiger partial charge in [0.1, 0.15) is 0 Å². The van der Waals surface area contributed by atoms with Crippen LogP contribution in [0, 0.1) is 29.6 Å². The highest BCUT2D eigenvalue weighted by atomic mass is 16.2. The van der Waals surface area contributed by atoms with Crippen molar-refractivity contribution in [3.63, 3.8) is 0 Å². The summed E-state index contributed by atoms with van der Waals surface area (Å²) in [7, 11) is 0. The Hall–Kier alpha value is -0.530. The highest BCUT2D eigenvalue weighted by molar-refractivity contribution is 5.82. The molecular weight excluding hydrogens is 186 g/mol. The highest BCUT2D eigenvalue weighted by Crippen LogP contribution is 2.69. The molecule has 0 aromatic rings. The minimum atomic E-state index is 0.441. The molecule has 0 spiro atoms. The van der Waals surface area contributed by atoms with Crippen LogP contribution in [0.3, 0.4) is 0 Å². The second kappa shape index (κ2) is 3.23. The molecule has 2 heteroatoms. The monoisotopic (exact) mass is 207 g/mol. The van der Waals surface area contributed by atoms with E-state index in [1.807, 2.05) is 4.90 Å². The molecule has 0 N–H and O–H groups in total. The second-order valence-electron chi connectivity index (χ2n) is 5.52. The molecule has 4 unspecified atom stereocenters. The molecule has 84 valence electrons. The van der Waals surface area contributed by atoms with E-state index in [4.69, 9.17) is 0 Å². The highest BCUT2D eigenvalue weighted by Gasteiger charge is 2.67. The van der Waals surface area contributed by atoms with Crippen molar-refractivity contribution in [3.8, 4) is 0 Å². The number of nitrogens with zero attached hydrogens (tertiary/aromatic N) is 1. The molecule has 4 atom stereocenters. The smallest absolute Gasteiger partial charge is 0.226 e. The number of carbonyl (C=O) groups is 1. The van der Waals surface area contributed by atoms with Crippen LogP contribution < -0.4 is 0 Å². The number of amides is 1. The van der Waals surface area contributed by atoms with Gasteiger partial charge in [0.15, 0.2) is 0 Å². The van der Waals surface area contributed by atoms with Crippen LogP contribution in [0.4, 0.5) is 0 Å². The molecule has 0 aromatic heterocycles. The molecule has 0 saturated heterocycles. The first-order chi connectivity index (χ1) is 7.27. The van der Waals surface area contributed by atoms with Crippen molar-refractivity contribution in [2.45, 2.75) is 33.1 Å². The molecule has 3 rings (SSSR count). The Bertz CT molecular complexity index is 268. The van der Waals surface area contributed by atoms with E-state index in [0.717, 1.165) is 36.8 Å². The van der Waals surface area contributed by atoms with Gasteiger partial charge in [-0.3, -0.25) is 4.79 Å². The number of hydrogen-bond donors (Lipinski definition) is 0. The predicted molar refractivity (Wildman–Crippen MR) is 59.2 cm³/mol. The van der Waals surface area contributed by atoms with Gasteiger partial charge in [0, 0.05) is 19.0 Å². The van der Waals surface area contributed by atoms with Crippen molar-refractivity contribution in [1.82, 2.24) is 4.90 Å². The Morgan fingerprint density at radius 2 is 1.67 bits per heavy atom. The first-order valence-corrected chi connectivity index (χ1v) is 6.56. The van der Waals surface area contributed by atoms with Crippen LogP contribution in [-0.2, 0) is 4.79 Å². The molecule has 15 heavy (non-hydrogen) atoms. The summed E-state index contributed by atoms with van der Waals surface area (Å²) in [6, 6.07) is 0. The van der Waals surface area contributed by atoms with E-state index >= 15 is 0 Å². The maximum atomic E-state index is 12.2. The normalized spacial score (nSPS) is 45.3. The van der Waals surface area contributed by atoms with E-state index in [1.54, 1.807) is 0 Å². The molecule has 3 saturated carbocycles. The van der Waals surface area contributed by atoms with Crippen molar-refractivity contribution in [1.29, 1.82) is 0 Å². The lowest BCUT2D eigenvalue weighted by molar-refractivity contribution is -0.133. The lowest BCUT2D eigenvalue weighted by atomic mass is 10.0. The fourth-order valence-electron chi connectivity index (χ4n) is 4.40. The molecule has 0 radical (unpaired) electrons. The molecular formula is C13H21NO. The van der Waals surface area contributed by atoms with Crippen molar-refractivity contribution < 1.29 is 4.79 Å². The standard InChI is InChI=1S/C13H21NO/c1-3-14(4-2)13(15)12-10-8-5-6-9(7-8)11(10)12/h8-12H,3-7H2,1-2H3. The molecule has 3 aliphatic carbocycles. The van der Waals surface area contributed by atoms with Gasteiger partial charge in [-0.1, -0.05) is 0 Å². The number of carbonyl (C=O) groups excluding carboxylic acids is 1. The summed E-state index contributed by atoms with van der Waals surface area (Å²) in [4.78, 5) is 14.3. The van der Waals surface area contributed by atoms with Gasteiger partial charge in [0.25, 0.3) is 0 Å². The van der Waals surface area contributed by atoms with E-state index in [1.165, 1.54) is 19.3 Å². The van der Waals surface area contributed by atoms with E-state index in [2.05, 4.69) is 13.8 Å². The van der Waals surface area contributed by atoms with E-state index in [-0.39, 0.29) is 0 Å². The minimum absolute atomic E-state index is 0.441. The summed E-state index contributed by atoms with van der Waals surface area (Å²) in [6.45, 7) is 5.96. The first-order valence-electron chi connectivity index (χ1n) is 6.56. The van der Waals surface area contributed by atoms with Crippen LogP contribution >= 0.6 is 0 Å². The molecule has 0 aromatic carbocycles. The molecule has 2 nitrogen and oxygen atoms in total. The zero-order valence-electron chi connectivity index (χ0n) is 9.78. The van der Waals surface area contributed by atoms with Crippen LogP contribution in [0.2, 0.25) is 0 Å². The van der Waals surface area contributed by atoms with Crippen LogP contribution in [0.15, 0.2) is 0 Å². The predicted octanol–water partition coefficient (Wildman–Crippen LogP) is 2.15. The molecule has 0 aliphatic heterocycles. The minimum Gasteiger partial charge on any atom is -0.343 e. The van der Waals surface area contributed by atoms with Gasteiger partial charge in [0.2, 0.25) is 5.91 Å². The maximum Gasteiger partial charge on any atom is 0.226 e. The summed E-state index contributed by atoms with van der Waals surface area (Å²) in [5.74, 6) is 4.35. The lowest BCUT2D eigenvalue weighted by Crippen LogP contribution is -2.33. The number of hydrogen-bond acceptors (Lipinski definition) is 1. The average molecular weight is 207 g/mol. The summed E-state index contributed by atoms with van der Waals surface area (Å²) in [5, 5.41) is 0. The number of rotatable bonds is 3. The Morgan fingerprint density at radius 3 is 2.13 bits per heavy atom. The van der Waals surface area contributed by atoms with Crippen molar-refractivity contribution >= 4 is 5.91 Å². The Labute approximate surface area is 92.0 Å². The molecule has 3 aliphatic rings. The van der Waals surface area contributed by atoms with Gasteiger partial charge in [0.05, 0.1) is 0 Å². The third kappa shape index (κ3) is 1.20. The molecule has 2 bridgehead atoms. The quantitative estimate of drug-likeness (QED) is 0.694. The van der Waals surface area contributed by atoms with Crippen LogP contribution in [-0.4, -0.2) is 23.9 Å². The topological polar surface area (TPSA) is 20.3 Å².